The van der Waals surface area contributed by atoms with E-state index in [4.69, 9.17) is 0 Å². The second-order valence-corrected chi connectivity index (χ2v) is 6.63. The topological polar surface area (TPSA) is 26.3 Å². The van der Waals surface area contributed by atoms with Gasteiger partial charge >= 0.3 is 5.97 Å². The summed E-state index contributed by atoms with van der Waals surface area (Å²) < 4.78 is 4.64. The van der Waals surface area contributed by atoms with E-state index in [9.17, 15) is 4.79 Å². The van der Waals surface area contributed by atoms with Crippen LogP contribution in [-0.2, 0) is 9.53 Å². The molecule has 0 aromatic carbocycles. The lowest BCUT2D eigenvalue weighted by atomic mass is 9.88. The molecule has 0 radical (unpaired) electrons. The smallest absolute Gasteiger partial charge is 0.305 e. The number of allylic oxidation sites excluding steroid dienone is 2. The SMILES string of the molecule is COC(=O)CCCCCCCCCC1CC2C=CC1C2. The van der Waals surface area contributed by atoms with Gasteiger partial charge in [0.05, 0.1) is 7.11 Å². The number of carbonyl (C=O) groups is 1. The predicted molar refractivity (Wildman–Crippen MR) is 82.4 cm³/mol. The lowest BCUT2D eigenvalue weighted by Gasteiger charge is -2.17. The van der Waals surface area contributed by atoms with E-state index in [1.807, 2.05) is 0 Å². The molecule has 2 nitrogen and oxygen atoms in total. The highest BCUT2D eigenvalue weighted by molar-refractivity contribution is 5.68. The Kier molecular flexibility index (Phi) is 6.62. The summed E-state index contributed by atoms with van der Waals surface area (Å²) in [7, 11) is 1.47. The predicted octanol–water partition coefficient (Wildman–Crippen LogP) is 4.88. The van der Waals surface area contributed by atoms with Gasteiger partial charge in [0.2, 0.25) is 0 Å². The number of fused-ring (bicyclic) bond motifs is 2. The number of hydrogen-bond donors (Lipinski definition) is 0. The lowest BCUT2D eigenvalue weighted by molar-refractivity contribution is -0.140. The van der Waals surface area contributed by atoms with Crippen LogP contribution in [0.4, 0.5) is 0 Å². The number of rotatable bonds is 10. The van der Waals surface area contributed by atoms with E-state index in [2.05, 4.69) is 16.9 Å². The van der Waals surface area contributed by atoms with Crippen molar-refractivity contribution >= 4 is 5.97 Å². The summed E-state index contributed by atoms with van der Waals surface area (Å²) in [4.78, 5) is 10.9. The Morgan fingerprint density at radius 1 is 1.00 bits per heavy atom. The van der Waals surface area contributed by atoms with E-state index >= 15 is 0 Å². The van der Waals surface area contributed by atoms with Crippen molar-refractivity contribution in [3.63, 3.8) is 0 Å². The van der Waals surface area contributed by atoms with Crippen LogP contribution in [0.15, 0.2) is 12.2 Å². The molecule has 0 aliphatic heterocycles. The molecule has 2 bridgehead atoms. The largest absolute Gasteiger partial charge is 0.469 e. The average Bonchev–Trinajstić information content (AvgIpc) is 3.07. The van der Waals surface area contributed by atoms with Gasteiger partial charge in [-0.15, -0.1) is 0 Å². The van der Waals surface area contributed by atoms with Crippen molar-refractivity contribution in [2.75, 3.05) is 7.11 Å². The summed E-state index contributed by atoms with van der Waals surface area (Å²) in [6, 6.07) is 0. The Morgan fingerprint density at radius 3 is 2.30 bits per heavy atom. The van der Waals surface area contributed by atoms with E-state index in [0.29, 0.717) is 6.42 Å². The Hall–Kier alpha value is -0.790. The van der Waals surface area contributed by atoms with Gasteiger partial charge in [-0.3, -0.25) is 4.79 Å². The maximum atomic E-state index is 10.9. The molecule has 114 valence electrons. The second kappa shape index (κ2) is 8.49. The minimum Gasteiger partial charge on any atom is -0.469 e. The van der Waals surface area contributed by atoms with Gasteiger partial charge < -0.3 is 4.74 Å². The molecule has 2 heteroatoms. The van der Waals surface area contributed by atoms with Crippen molar-refractivity contribution in [3.8, 4) is 0 Å². The Labute approximate surface area is 124 Å². The van der Waals surface area contributed by atoms with Crippen molar-refractivity contribution in [1.29, 1.82) is 0 Å². The molecule has 1 fully saturated rings. The molecule has 0 aromatic rings. The molecule has 0 aromatic heterocycles. The van der Waals surface area contributed by atoms with Crippen LogP contribution in [0.5, 0.6) is 0 Å². The first kappa shape index (κ1) is 15.6. The molecule has 0 N–H and O–H groups in total. The van der Waals surface area contributed by atoms with Crippen LogP contribution in [0.2, 0.25) is 0 Å². The third-order valence-corrected chi connectivity index (χ3v) is 5.10. The Morgan fingerprint density at radius 2 is 1.70 bits per heavy atom. The molecule has 20 heavy (non-hydrogen) atoms. The van der Waals surface area contributed by atoms with E-state index in [0.717, 1.165) is 24.2 Å². The molecule has 3 atom stereocenters. The molecule has 0 heterocycles. The average molecular weight is 278 g/mol. The molecule has 2 aliphatic rings. The Bertz CT molecular complexity index is 321. The van der Waals surface area contributed by atoms with E-state index in [1.165, 1.54) is 64.9 Å². The minimum atomic E-state index is -0.0649. The zero-order valence-electron chi connectivity index (χ0n) is 13.0. The molecule has 3 unspecified atom stereocenters. The minimum absolute atomic E-state index is 0.0649. The fourth-order valence-electron chi connectivity index (χ4n) is 3.89. The fourth-order valence-corrected chi connectivity index (χ4v) is 3.89. The van der Waals surface area contributed by atoms with Gasteiger partial charge in [0.25, 0.3) is 0 Å². The third kappa shape index (κ3) is 4.96. The number of unbranched alkanes of at least 4 members (excludes halogenated alkanes) is 6. The van der Waals surface area contributed by atoms with Crippen molar-refractivity contribution in [2.24, 2.45) is 17.8 Å². The van der Waals surface area contributed by atoms with Crippen LogP contribution in [0.25, 0.3) is 0 Å². The zero-order chi connectivity index (χ0) is 14.2. The second-order valence-electron chi connectivity index (χ2n) is 6.63. The molecule has 1 saturated carbocycles. The molecular formula is C18H30O2. The molecule has 2 rings (SSSR count). The van der Waals surface area contributed by atoms with Gasteiger partial charge in [-0.05, 0) is 43.4 Å². The summed E-state index contributed by atoms with van der Waals surface area (Å²) >= 11 is 0. The van der Waals surface area contributed by atoms with Crippen LogP contribution >= 0.6 is 0 Å². The fraction of sp³-hybridized carbons (Fsp3) is 0.833. The van der Waals surface area contributed by atoms with E-state index in [-0.39, 0.29) is 5.97 Å². The number of methoxy groups -OCH3 is 1. The monoisotopic (exact) mass is 278 g/mol. The first-order valence-electron chi connectivity index (χ1n) is 8.54. The Balaban J connectivity index is 1.36. The normalized spacial score (nSPS) is 27.1. The summed E-state index contributed by atoms with van der Waals surface area (Å²) in [5.41, 5.74) is 0. The van der Waals surface area contributed by atoms with Gasteiger partial charge in [0.15, 0.2) is 0 Å². The van der Waals surface area contributed by atoms with Gasteiger partial charge in [-0.25, -0.2) is 0 Å². The molecule has 2 aliphatic carbocycles. The van der Waals surface area contributed by atoms with E-state index in [1.54, 1.807) is 0 Å². The van der Waals surface area contributed by atoms with Crippen LogP contribution in [0.1, 0.15) is 70.6 Å². The van der Waals surface area contributed by atoms with Gasteiger partial charge in [0.1, 0.15) is 0 Å². The molecular weight excluding hydrogens is 248 g/mol. The quantitative estimate of drug-likeness (QED) is 0.323. The van der Waals surface area contributed by atoms with E-state index < -0.39 is 0 Å². The van der Waals surface area contributed by atoms with Crippen LogP contribution < -0.4 is 0 Å². The third-order valence-electron chi connectivity index (χ3n) is 5.10. The number of hydrogen-bond acceptors (Lipinski definition) is 2. The van der Waals surface area contributed by atoms with Crippen LogP contribution in [0.3, 0.4) is 0 Å². The lowest BCUT2D eigenvalue weighted by Crippen LogP contribution is -2.06. The summed E-state index contributed by atoms with van der Waals surface area (Å²) in [5.74, 6) is 2.80. The highest BCUT2D eigenvalue weighted by Gasteiger charge is 2.34. The van der Waals surface area contributed by atoms with Crippen molar-refractivity contribution in [1.82, 2.24) is 0 Å². The number of ether oxygens (including phenoxy) is 1. The van der Waals surface area contributed by atoms with Crippen LogP contribution in [0, 0.1) is 17.8 Å². The van der Waals surface area contributed by atoms with Gasteiger partial charge in [-0.1, -0.05) is 50.7 Å². The van der Waals surface area contributed by atoms with Crippen molar-refractivity contribution < 1.29 is 9.53 Å². The first-order valence-corrected chi connectivity index (χ1v) is 8.54. The summed E-state index contributed by atoms with van der Waals surface area (Å²) in [6.45, 7) is 0. The number of esters is 1. The molecule has 0 spiro atoms. The zero-order valence-corrected chi connectivity index (χ0v) is 13.0. The maximum Gasteiger partial charge on any atom is 0.305 e. The first-order chi connectivity index (χ1) is 9.79. The highest BCUT2D eigenvalue weighted by atomic mass is 16.5. The van der Waals surface area contributed by atoms with Crippen molar-refractivity contribution in [3.05, 3.63) is 12.2 Å². The van der Waals surface area contributed by atoms with Gasteiger partial charge in [-0.2, -0.15) is 0 Å². The highest BCUT2D eigenvalue weighted by Crippen LogP contribution is 2.45. The van der Waals surface area contributed by atoms with Crippen molar-refractivity contribution in [2.45, 2.75) is 70.6 Å². The summed E-state index contributed by atoms with van der Waals surface area (Å²) in [5, 5.41) is 0. The molecule has 0 amide bonds. The standard InChI is InChI=1S/C18H30O2/c1-20-18(19)10-8-6-4-2-3-5-7-9-16-13-15-11-12-17(16)14-15/h11-12,15-17H,2-10,13-14H2,1H3. The summed E-state index contributed by atoms with van der Waals surface area (Å²) in [6.07, 6.45) is 18.8. The van der Waals surface area contributed by atoms with Crippen LogP contribution in [-0.4, -0.2) is 13.1 Å². The van der Waals surface area contributed by atoms with Gasteiger partial charge in [0, 0.05) is 6.42 Å². The number of carbonyl (C=O) groups excluding carboxylic acids is 1. The molecule has 0 saturated heterocycles. The maximum absolute atomic E-state index is 10.9.